The Morgan fingerprint density at radius 2 is 1.76 bits per heavy atom. The van der Waals surface area contributed by atoms with E-state index in [1.165, 1.54) is 31.3 Å². The number of amides is 1. The second kappa shape index (κ2) is 6.69. The molecule has 0 spiro atoms. The minimum Gasteiger partial charge on any atom is -0.347 e. The van der Waals surface area contributed by atoms with Crippen LogP contribution in [0.5, 0.6) is 0 Å². The summed E-state index contributed by atoms with van der Waals surface area (Å²) in [6.07, 6.45) is 0.296. The lowest BCUT2D eigenvalue weighted by molar-refractivity contribution is 0.0919. The van der Waals surface area contributed by atoms with Gasteiger partial charge in [0.05, 0.1) is 16.4 Å². The van der Waals surface area contributed by atoms with E-state index in [0.717, 1.165) is 4.31 Å². The maximum atomic E-state index is 12.7. The third-order valence-electron chi connectivity index (χ3n) is 4.00. The predicted octanol–water partition coefficient (Wildman–Crippen LogP) is 1.02. The quantitative estimate of drug-likeness (QED) is 0.830. The Morgan fingerprint density at radius 1 is 1.20 bits per heavy atom. The highest BCUT2D eigenvalue weighted by Gasteiger charge is 2.36. The first kappa shape index (κ1) is 19.9. The van der Waals surface area contributed by atoms with E-state index < -0.39 is 31.4 Å². The minimum absolute atomic E-state index is 0.00341. The van der Waals surface area contributed by atoms with E-state index in [9.17, 15) is 21.6 Å². The molecule has 1 atom stereocenters. The standard InChI is InChI=1S/C16H24N2O5S2/c1-16(2,3)17-15(19)12-5-7-14(8-6-12)25(22,23)18(4)13-9-10-24(20,21)11-13/h5-8,13H,9-11H2,1-4H3,(H,17,19). The molecule has 1 aliphatic heterocycles. The summed E-state index contributed by atoms with van der Waals surface area (Å²) < 4.78 is 49.6. The maximum absolute atomic E-state index is 12.7. The number of sulfonamides is 1. The average molecular weight is 389 g/mol. The molecule has 1 N–H and O–H groups in total. The molecule has 1 saturated heterocycles. The van der Waals surface area contributed by atoms with Crippen LogP contribution >= 0.6 is 0 Å². The first-order valence-corrected chi connectivity index (χ1v) is 11.2. The molecule has 1 fully saturated rings. The van der Waals surface area contributed by atoms with Crippen LogP contribution < -0.4 is 5.32 Å². The van der Waals surface area contributed by atoms with Crippen molar-refractivity contribution in [2.75, 3.05) is 18.6 Å². The fraction of sp³-hybridized carbons (Fsp3) is 0.562. The fourth-order valence-corrected chi connectivity index (χ4v) is 5.87. The smallest absolute Gasteiger partial charge is 0.251 e. The Hall–Kier alpha value is -1.45. The monoisotopic (exact) mass is 388 g/mol. The molecule has 1 amide bonds. The third-order valence-corrected chi connectivity index (χ3v) is 7.68. The molecule has 0 bridgehead atoms. The second-order valence-corrected chi connectivity index (χ2v) is 11.5. The van der Waals surface area contributed by atoms with E-state index in [-0.39, 0.29) is 22.3 Å². The molecular weight excluding hydrogens is 364 g/mol. The van der Waals surface area contributed by atoms with Gasteiger partial charge in [-0.3, -0.25) is 4.79 Å². The number of rotatable bonds is 4. The minimum atomic E-state index is -3.81. The van der Waals surface area contributed by atoms with E-state index in [2.05, 4.69) is 5.32 Å². The molecule has 1 aliphatic rings. The molecule has 1 aromatic rings. The number of nitrogens with one attached hydrogen (secondary N) is 1. The summed E-state index contributed by atoms with van der Waals surface area (Å²) in [5.74, 6) is -0.440. The zero-order chi connectivity index (χ0) is 19.0. The number of carbonyl (C=O) groups excluding carboxylic acids is 1. The molecule has 0 aliphatic carbocycles. The molecule has 140 valence electrons. The van der Waals surface area contributed by atoms with Crippen molar-refractivity contribution in [3.63, 3.8) is 0 Å². The largest absolute Gasteiger partial charge is 0.347 e. The molecule has 0 radical (unpaired) electrons. The van der Waals surface area contributed by atoms with Gasteiger partial charge in [0.1, 0.15) is 0 Å². The van der Waals surface area contributed by atoms with Crippen molar-refractivity contribution in [3.05, 3.63) is 29.8 Å². The van der Waals surface area contributed by atoms with Gasteiger partial charge in [0.15, 0.2) is 9.84 Å². The van der Waals surface area contributed by atoms with Gasteiger partial charge in [0.25, 0.3) is 5.91 Å². The van der Waals surface area contributed by atoms with Crippen LogP contribution in [0, 0.1) is 0 Å². The normalized spacial score (nSPS) is 20.6. The first-order valence-electron chi connectivity index (χ1n) is 7.93. The van der Waals surface area contributed by atoms with Gasteiger partial charge < -0.3 is 5.32 Å². The highest BCUT2D eigenvalue weighted by Crippen LogP contribution is 2.23. The van der Waals surface area contributed by atoms with Crippen molar-refractivity contribution in [2.45, 2.75) is 43.7 Å². The number of carbonyl (C=O) groups is 1. The Morgan fingerprint density at radius 3 is 2.20 bits per heavy atom. The molecule has 1 aromatic carbocycles. The molecule has 9 heteroatoms. The lowest BCUT2D eigenvalue weighted by Gasteiger charge is -2.23. The van der Waals surface area contributed by atoms with Crippen LogP contribution in [0.1, 0.15) is 37.6 Å². The number of benzene rings is 1. The van der Waals surface area contributed by atoms with Crippen molar-refractivity contribution in [3.8, 4) is 0 Å². The topological polar surface area (TPSA) is 101 Å². The Labute approximate surface area is 149 Å². The Kier molecular flexibility index (Phi) is 5.32. The van der Waals surface area contributed by atoms with Gasteiger partial charge in [-0.15, -0.1) is 0 Å². The van der Waals surface area contributed by atoms with E-state index in [1.807, 2.05) is 20.8 Å². The van der Waals surface area contributed by atoms with Crippen molar-refractivity contribution < 1.29 is 21.6 Å². The molecule has 0 saturated carbocycles. The highest BCUT2D eigenvalue weighted by atomic mass is 32.2. The SMILES string of the molecule is CN(C1CCS(=O)(=O)C1)S(=O)(=O)c1ccc(C(=O)NC(C)(C)C)cc1. The maximum Gasteiger partial charge on any atom is 0.251 e. The first-order chi connectivity index (χ1) is 11.3. The van der Waals surface area contributed by atoms with Crippen LogP contribution in [0.4, 0.5) is 0 Å². The van der Waals surface area contributed by atoms with Crippen molar-refractivity contribution in [2.24, 2.45) is 0 Å². The molecule has 1 heterocycles. The zero-order valence-corrected chi connectivity index (χ0v) is 16.4. The Balaban J connectivity index is 2.19. The lowest BCUT2D eigenvalue weighted by atomic mass is 10.1. The summed E-state index contributed by atoms with van der Waals surface area (Å²) in [4.78, 5) is 12.1. The van der Waals surface area contributed by atoms with Crippen LogP contribution in [-0.4, -0.2) is 57.2 Å². The highest BCUT2D eigenvalue weighted by molar-refractivity contribution is 7.92. The van der Waals surface area contributed by atoms with E-state index >= 15 is 0 Å². The van der Waals surface area contributed by atoms with Crippen molar-refractivity contribution in [1.82, 2.24) is 9.62 Å². The molecule has 7 nitrogen and oxygen atoms in total. The predicted molar refractivity (Wildman–Crippen MR) is 95.7 cm³/mol. The van der Waals surface area contributed by atoms with Crippen molar-refractivity contribution in [1.29, 1.82) is 0 Å². The fourth-order valence-electron chi connectivity index (χ4n) is 2.62. The molecule has 1 unspecified atom stereocenters. The summed E-state index contributed by atoms with van der Waals surface area (Å²) in [5, 5.41) is 2.80. The van der Waals surface area contributed by atoms with Gasteiger partial charge >= 0.3 is 0 Å². The average Bonchev–Trinajstić information content (AvgIpc) is 2.85. The van der Waals surface area contributed by atoms with Gasteiger partial charge in [-0.1, -0.05) is 0 Å². The van der Waals surface area contributed by atoms with Crippen LogP contribution in [-0.2, 0) is 19.9 Å². The van der Waals surface area contributed by atoms with Gasteiger partial charge in [-0.2, -0.15) is 4.31 Å². The summed E-state index contributed by atoms with van der Waals surface area (Å²) in [5.41, 5.74) is -0.0318. The van der Waals surface area contributed by atoms with E-state index in [0.29, 0.717) is 12.0 Å². The third kappa shape index (κ3) is 4.80. The lowest BCUT2D eigenvalue weighted by Crippen LogP contribution is -2.40. The molecular formula is C16H24N2O5S2. The summed E-state index contributed by atoms with van der Waals surface area (Å²) in [7, 11) is -5.60. The number of sulfone groups is 1. The van der Waals surface area contributed by atoms with Gasteiger partial charge in [0, 0.05) is 24.2 Å². The van der Waals surface area contributed by atoms with Gasteiger partial charge in [-0.25, -0.2) is 16.8 Å². The zero-order valence-electron chi connectivity index (χ0n) is 14.8. The summed E-state index contributed by atoms with van der Waals surface area (Å²) in [6.45, 7) is 5.57. The van der Waals surface area contributed by atoms with Crippen LogP contribution in [0.25, 0.3) is 0 Å². The van der Waals surface area contributed by atoms with E-state index in [1.54, 1.807) is 0 Å². The molecule has 2 rings (SSSR count). The van der Waals surface area contributed by atoms with E-state index in [4.69, 9.17) is 0 Å². The molecule has 25 heavy (non-hydrogen) atoms. The van der Waals surface area contributed by atoms with Gasteiger partial charge in [-0.05, 0) is 51.5 Å². The van der Waals surface area contributed by atoms with Gasteiger partial charge in [0.2, 0.25) is 10.0 Å². The molecule has 0 aromatic heterocycles. The number of hydrogen-bond acceptors (Lipinski definition) is 5. The van der Waals surface area contributed by atoms with Crippen LogP contribution in [0.3, 0.4) is 0 Å². The number of hydrogen-bond donors (Lipinski definition) is 1. The Bertz CT molecular complexity index is 853. The second-order valence-electron chi connectivity index (χ2n) is 7.31. The summed E-state index contributed by atoms with van der Waals surface area (Å²) >= 11 is 0. The number of nitrogens with zero attached hydrogens (tertiary/aromatic N) is 1. The van der Waals surface area contributed by atoms with Crippen molar-refractivity contribution >= 4 is 25.8 Å². The van der Waals surface area contributed by atoms with Crippen LogP contribution in [0.2, 0.25) is 0 Å². The summed E-state index contributed by atoms with van der Waals surface area (Å²) in [6, 6.07) is 5.08. The van der Waals surface area contributed by atoms with Crippen LogP contribution in [0.15, 0.2) is 29.2 Å².